The van der Waals surface area contributed by atoms with Crippen LogP contribution in [0.3, 0.4) is 0 Å². The molecule has 2 N–H and O–H groups in total. The van der Waals surface area contributed by atoms with E-state index in [1.807, 2.05) is 42.0 Å². The van der Waals surface area contributed by atoms with Gasteiger partial charge in [0.1, 0.15) is 0 Å². The van der Waals surface area contributed by atoms with Gasteiger partial charge in [-0.2, -0.15) is 0 Å². The Morgan fingerprint density at radius 3 is 2.95 bits per heavy atom. The van der Waals surface area contributed by atoms with Gasteiger partial charge in [0.05, 0.1) is 17.7 Å². The Balaban J connectivity index is 2.10. The normalized spacial score (nSPS) is 12.1. The van der Waals surface area contributed by atoms with Crippen molar-refractivity contribution in [2.24, 2.45) is 0 Å². The summed E-state index contributed by atoms with van der Waals surface area (Å²) >= 11 is 0. The van der Waals surface area contributed by atoms with Gasteiger partial charge in [-0.1, -0.05) is 12.1 Å². The van der Waals surface area contributed by atoms with Crippen molar-refractivity contribution in [1.29, 1.82) is 0 Å². The number of imidazole rings is 1. The van der Waals surface area contributed by atoms with Crippen molar-refractivity contribution >= 4 is 11.7 Å². The van der Waals surface area contributed by atoms with Gasteiger partial charge < -0.3 is 15.0 Å². The monoisotopic (exact) mass is 259 g/mol. The number of rotatable bonds is 6. The predicted octanol–water partition coefficient (Wildman–Crippen LogP) is 2.54. The molecule has 0 aliphatic heterocycles. The number of carbonyl (C=O) groups is 1. The average molecular weight is 259 g/mol. The molecular weight excluding hydrogens is 242 g/mol. The number of hydrogen-bond acceptors (Lipinski definition) is 3. The molecule has 5 heteroatoms. The van der Waals surface area contributed by atoms with Gasteiger partial charge in [0.2, 0.25) is 0 Å². The van der Waals surface area contributed by atoms with Crippen molar-refractivity contribution < 1.29 is 9.90 Å². The summed E-state index contributed by atoms with van der Waals surface area (Å²) in [5.74, 6) is -0.767. The zero-order valence-electron chi connectivity index (χ0n) is 10.8. The molecule has 0 amide bonds. The second-order valence-electron chi connectivity index (χ2n) is 4.46. The molecule has 1 atom stereocenters. The van der Waals surface area contributed by atoms with E-state index in [0.29, 0.717) is 6.42 Å². The largest absolute Gasteiger partial charge is 0.481 e. The first kappa shape index (κ1) is 13.1. The number of anilines is 1. The number of para-hydroxylation sites is 2. The van der Waals surface area contributed by atoms with Crippen LogP contribution in [0.15, 0.2) is 43.0 Å². The lowest BCUT2D eigenvalue weighted by molar-refractivity contribution is -0.137. The summed E-state index contributed by atoms with van der Waals surface area (Å²) in [5.41, 5.74) is 1.97. The van der Waals surface area contributed by atoms with E-state index in [0.717, 1.165) is 11.4 Å². The first-order chi connectivity index (χ1) is 9.16. The van der Waals surface area contributed by atoms with E-state index in [-0.39, 0.29) is 12.5 Å². The predicted molar refractivity (Wildman–Crippen MR) is 73.5 cm³/mol. The molecule has 0 bridgehead atoms. The van der Waals surface area contributed by atoms with E-state index in [1.165, 1.54) is 0 Å². The van der Waals surface area contributed by atoms with E-state index in [4.69, 9.17) is 5.11 Å². The summed E-state index contributed by atoms with van der Waals surface area (Å²) in [5, 5.41) is 12.0. The maximum absolute atomic E-state index is 10.6. The molecule has 5 nitrogen and oxygen atoms in total. The van der Waals surface area contributed by atoms with E-state index in [9.17, 15) is 4.79 Å². The molecule has 2 aromatic rings. The zero-order chi connectivity index (χ0) is 13.7. The Labute approximate surface area is 111 Å². The lowest BCUT2D eigenvalue weighted by Crippen LogP contribution is -2.17. The highest BCUT2D eigenvalue weighted by Gasteiger charge is 2.08. The molecule has 0 fully saturated rings. The van der Waals surface area contributed by atoms with Crippen LogP contribution in [0.5, 0.6) is 0 Å². The highest BCUT2D eigenvalue weighted by Crippen LogP contribution is 2.21. The quantitative estimate of drug-likeness (QED) is 0.836. The molecule has 1 heterocycles. The Morgan fingerprint density at radius 1 is 1.47 bits per heavy atom. The van der Waals surface area contributed by atoms with Crippen molar-refractivity contribution in [3.63, 3.8) is 0 Å². The maximum Gasteiger partial charge on any atom is 0.303 e. The summed E-state index contributed by atoms with van der Waals surface area (Å²) in [6, 6.07) is 7.98. The first-order valence-corrected chi connectivity index (χ1v) is 6.22. The van der Waals surface area contributed by atoms with Crippen molar-refractivity contribution in [3.05, 3.63) is 43.0 Å². The fourth-order valence-electron chi connectivity index (χ4n) is 1.90. The Kier molecular flexibility index (Phi) is 4.18. The molecule has 1 unspecified atom stereocenters. The fourth-order valence-corrected chi connectivity index (χ4v) is 1.90. The summed E-state index contributed by atoms with van der Waals surface area (Å²) in [4.78, 5) is 14.6. The number of nitrogens with one attached hydrogen (secondary N) is 1. The molecule has 0 spiro atoms. The highest BCUT2D eigenvalue weighted by molar-refractivity contribution is 5.67. The Hall–Kier alpha value is -2.30. The molecule has 0 saturated carbocycles. The number of hydrogen-bond donors (Lipinski definition) is 2. The number of benzene rings is 1. The van der Waals surface area contributed by atoms with Crippen LogP contribution in [0.4, 0.5) is 5.69 Å². The van der Waals surface area contributed by atoms with Crippen molar-refractivity contribution in [2.45, 2.75) is 25.8 Å². The zero-order valence-corrected chi connectivity index (χ0v) is 10.8. The van der Waals surface area contributed by atoms with Gasteiger partial charge in [0.25, 0.3) is 0 Å². The second-order valence-corrected chi connectivity index (χ2v) is 4.46. The molecule has 2 rings (SSSR count). The van der Waals surface area contributed by atoms with Gasteiger partial charge in [-0.25, -0.2) is 4.98 Å². The Morgan fingerprint density at radius 2 is 2.26 bits per heavy atom. The molecular formula is C14H17N3O2. The molecule has 0 aliphatic rings. The minimum absolute atomic E-state index is 0.0979. The standard InChI is InChI=1S/C14H17N3O2/c1-11(6-7-14(18)19)16-12-4-2-3-5-13(12)17-9-8-15-10-17/h2-5,8-11,16H,6-7H2,1H3,(H,18,19). The number of carboxylic acid groups (broad SMARTS) is 1. The number of aliphatic carboxylic acids is 1. The molecule has 19 heavy (non-hydrogen) atoms. The molecule has 0 aliphatic carbocycles. The van der Waals surface area contributed by atoms with Crippen LogP contribution in [-0.4, -0.2) is 26.7 Å². The summed E-state index contributed by atoms with van der Waals surface area (Å²) in [6.45, 7) is 1.98. The van der Waals surface area contributed by atoms with Gasteiger partial charge >= 0.3 is 5.97 Å². The Bertz CT molecular complexity index is 537. The average Bonchev–Trinajstić information content (AvgIpc) is 2.91. The lowest BCUT2D eigenvalue weighted by Gasteiger charge is -2.17. The van der Waals surface area contributed by atoms with Crippen LogP contribution in [0.2, 0.25) is 0 Å². The van der Waals surface area contributed by atoms with E-state index in [1.54, 1.807) is 12.5 Å². The van der Waals surface area contributed by atoms with Crippen LogP contribution in [0, 0.1) is 0 Å². The summed E-state index contributed by atoms with van der Waals surface area (Å²) in [6.07, 6.45) is 6.10. The van der Waals surface area contributed by atoms with Crippen LogP contribution in [0.25, 0.3) is 5.69 Å². The van der Waals surface area contributed by atoms with Gasteiger partial charge in [-0.3, -0.25) is 4.79 Å². The van der Waals surface area contributed by atoms with E-state index >= 15 is 0 Å². The smallest absolute Gasteiger partial charge is 0.303 e. The molecule has 0 radical (unpaired) electrons. The van der Waals surface area contributed by atoms with Gasteiger partial charge in [0.15, 0.2) is 0 Å². The van der Waals surface area contributed by atoms with Crippen LogP contribution in [-0.2, 0) is 4.79 Å². The first-order valence-electron chi connectivity index (χ1n) is 6.22. The van der Waals surface area contributed by atoms with Crippen molar-refractivity contribution in [1.82, 2.24) is 9.55 Å². The summed E-state index contributed by atoms with van der Waals surface area (Å²) < 4.78 is 1.92. The van der Waals surface area contributed by atoms with Crippen LogP contribution < -0.4 is 5.32 Å². The third-order valence-electron chi connectivity index (χ3n) is 2.88. The van der Waals surface area contributed by atoms with Gasteiger partial charge in [-0.05, 0) is 25.5 Å². The van der Waals surface area contributed by atoms with E-state index in [2.05, 4.69) is 10.3 Å². The third-order valence-corrected chi connectivity index (χ3v) is 2.88. The molecule has 0 saturated heterocycles. The summed E-state index contributed by atoms with van der Waals surface area (Å²) in [7, 11) is 0. The van der Waals surface area contributed by atoms with Gasteiger partial charge in [-0.15, -0.1) is 0 Å². The third kappa shape index (κ3) is 3.58. The minimum atomic E-state index is -0.767. The minimum Gasteiger partial charge on any atom is -0.481 e. The second kappa shape index (κ2) is 6.04. The van der Waals surface area contributed by atoms with E-state index < -0.39 is 5.97 Å². The van der Waals surface area contributed by atoms with Gasteiger partial charge in [0, 0.05) is 24.9 Å². The van der Waals surface area contributed by atoms with Crippen LogP contribution in [0.1, 0.15) is 19.8 Å². The molecule has 1 aromatic heterocycles. The maximum atomic E-state index is 10.6. The van der Waals surface area contributed by atoms with Crippen molar-refractivity contribution in [3.8, 4) is 5.69 Å². The van der Waals surface area contributed by atoms with Crippen molar-refractivity contribution in [2.75, 3.05) is 5.32 Å². The molecule has 100 valence electrons. The number of carboxylic acids is 1. The molecule has 1 aromatic carbocycles. The SMILES string of the molecule is CC(CCC(=O)O)Nc1ccccc1-n1ccnc1. The van der Waals surface area contributed by atoms with Crippen LogP contribution >= 0.6 is 0 Å². The number of aromatic nitrogens is 2. The topological polar surface area (TPSA) is 67.2 Å². The number of nitrogens with zero attached hydrogens (tertiary/aromatic N) is 2. The fraction of sp³-hybridized carbons (Fsp3) is 0.286. The lowest BCUT2D eigenvalue weighted by atomic mass is 10.1. The highest BCUT2D eigenvalue weighted by atomic mass is 16.4.